The van der Waals surface area contributed by atoms with Gasteiger partial charge in [0.25, 0.3) is 0 Å². The molecule has 1 fully saturated rings. The average Bonchev–Trinajstić information content (AvgIpc) is 3.05. The molecule has 0 unspecified atom stereocenters. The molecule has 0 atom stereocenters. The summed E-state index contributed by atoms with van der Waals surface area (Å²) in [6.45, 7) is 8.31. The second-order valence-corrected chi connectivity index (χ2v) is 8.51. The summed E-state index contributed by atoms with van der Waals surface area (Å²) in [5.41, 5.74) is 0.712. The molecule has 0 aliphatic carbocycles. The zero-order valence-electron chi connectivity index (χ0n) is 15.4. The smallest absolute Gasteiger partial charge is 0.245 e. The Balaban J connectivity index is 1.76. The standard InChI is InChI=1S/C17H24N6O3S/c1-4-15(24)23-7-5-12(6-8-23)20-14-10-19-17-16(21-14)13(9-18-17)27(25,26)22-11(2)3/h4,9-12,22H,1,5-8H2,2-3H3,(H,18,19)(H,20,21). The van der Waals surface area contributed by atoms with Gasteiger partial charge in [-0.15, -0.1) is 0 Å². The zero-order chi connectivity index (χ0) is 19.6. The fourth-order valence-electron chi connectivity index (χ4n) is 3.10. The summed E-state index contributed by atoms with van der Waals surface area (Å²) in [6, 6.07) is -0.0870. The number of amides is 1. The molecule has 1 saturated heterocycles. The van der Waals surface area contributed by atoms with Crippen molar-refractivity contribution in [3.8, 4) is 0 Å². The number of rotatable bonds is 6. The summed E-state index contributed by atoms with van der Waals surface area (Å²) in [6.07, 6.45) is 5.84. The largest absolute Gasteiger partial charge is 0.366 e. The van der Waals surface area contributed by atoms with Crippen molar-refractivity contribution in [1.82, 2.24) is 24.6 Å². The number of H-pyrrole nitrogens is 1. The fourth-order valence-corrected chi connectivity index (χ4v) is 4.46. The van der Waals surface area contributed by atoms with Gasteiger partial charge in [0, 0.05) is 31.4 Å². The lowest BCUT2D eigenvalue weighted by Gasteiger charge is -2.31. The molecule has 0 radical (unpaired) electrons. The number of hydrogen-bond acceptors (Lipinski definition) is 6. The molecule has 1 amide bonds. The molecule has 0 aromatic carbocycles. The Morgan fingerprint density at radius 2 is 2.11 bits per heavy atom. The summed E-state index contributed by atoms with van der Waals surface area (Å²) in [5, 5.41) is 3.29. The Hall–Kier alpha value is -2.46. The Bertz CT molecular complexity index is 945. The minimum Gasteiger partial charge on any atom is -0.366 e. The summed E-state index contributed by atoms with van der Waals surface area (Å²) >= 11 is 0. The van der Waals surface area contributed by atoms with Crippen LogP contribution in [0.1, 0.15) is 26.7 Å². The van der Waals surface area contributed by atoms with E-state index in [1.807, 2.05) is 0 Å². The number of fused-ring (bicyclic) bond motifs is 1. The van der Waals surface area contributed by atoms with Gasteiger partial charge < -0.3 is 15.2 Å². The predicted octanol–water partition coefficient (Wildman–Crippen LogP) is 1.23. The van der Waals surface area contributed by atoms with Gasteiger partial charge in [-0.1, -0.05) is 6.58 Å². The van der Waals surface area contributed by atoms with Crippen LogP contribution in [-0.2, 0) is 14.8 Å². The molecule has 0 spiro atoms. The maximum absolute atomic E-state index is 12.5. The minimum atomic E-state index is -3.68. The van der Waals surface area contributed by atoms with Crippen molar-refractivity contribution in [1.29, 1.82) is 0 Å². The average molecular weight is 392 g/mol. The lowest BCUT2D eigenvalue weighted by atomic mass is 10.1. The molecule has 2 aromatic heterocycles. The van der Waals surface area contributed by atoms with Gasteiger partial charge in [-0.2, -0.15) is 0 Å². The number of likely N-dealkylation sites (tertiary alicyclic amines) is 1. The van der Waals surface area contributed by atoms with E-state index in [0.717, 1.165) is 12.8 Å². The molecule has 9 nitrogen and oxygen atoms in total. The SMILES string of the molecule is C=CC(=O)N1CCC(Nc2cnc3[nH]cc(S(=O)(=O)NC(C)C)c3n2)CC1. The molecule has 0 saturated carbocycles. The summed E-state index contributed by atoms with van der Waals surface area (Å²) in [4.78, 5) is 25.1. The fraction of sp³-hybridized carbons (Fsp3) is 0.471. The highest BCUT2D eigenvalue weighted by Crippen LogP contribution is 2.22. The first-order valence-electron chi connectivity index (χ1n) is 8.84. The molecule has 3 N–H and O–H groups in total. The van der Waals surface area contributed by atoms with E-state index < -0.39 is 10.0 Å². The van der Waals surface area contributed by atoms with Crippen molar-refractivity contribution in [3.63, 3.8) is 0 Å². The molecule has 27 heavy (non-hydrogen) atoms. The summed E-state index contributed by atoms with van der Waals surface area (Å²) < 4.78 is 27.5. The molecule has 0 bridgehead atoms. The molecule has 3 heterocycles. The van der Waals surface area contributed by atoms with Gasteiger partial charge in [-0.25, -0.2) is 23.1 Å². The van der Waals surface area contributed by atoms with Crippen LogP contribution >= 0.6 is 0 Å². The van der Waals surface area contributed by atoms with Gasteiger partial charge in [0.05, 0.1) is 6.20 Å². The topological polar surface area (TPSA) is 120 Å². The Morgan fingerprint density at radius 3 is 2.74 bits per heavy atom. The lowest BCUT2D eigenvalue weighted by Crippen LogP contribution is -2.41. The van der Waals surface area contributed by atoms with E-state index in [-0.39, 0.29) is 22.9 Å². The van der Waals surface area contributed by atoms with E-state index >= 15 is 0 Å². The predicted molar refractivity (Wildman–Crippen MR) is 103 cm³/mol. The maximum Gasteiger partial charge on any atom is 0.245 e. The number of nitrogens with zero attached hydrogens (tertiary/aromatic N) is 3. The van der Waals surface area contributed by atoms with Gasteiger partial charge in [0.1, 0.15) is 16.2 Å². The molecule has 10 heteroatoms. The van der Waals surface area contributed by atoms with Gasteiger partial charge in [0.15, 0.2) is 5.65 Å². The number of aromatic nitrogens is 3. The molecular formula is C17H24N6O3S. The summed E-state index contributed by atoms with van der Waals surface area (Å²) in [7, 11) is -3.68. The quantitative estimate of drug-likeness (QED) is 0.636. The minimum absolute atomic E-state index is 0.0607. The van der Waals surface area contributed by atoms with Gasteiger partial charge in [0.2, 0.25) is 15.9 Å². The number of hydrogen-bond donors (Lipinski definition) is 3. The number of anilines is 1. The van der Waals surface area contributed by atoms with Crippen LogP contribution in [-0.4, -0.2) is 59.4 Å². The Morgan fingerprint density at radius 1 is 1.41 bits per heavy atom. The van der Waals surface area contributed by atoms with Crippen molar-refractivity contribution < 1.29 is 13.2 Å². The van der Waals surface area contributed by atoms with Crippen molar-refractivity contribution >= 4 is 32.9 Å². The van der Waals surface area contributed by atoms with Crippen LogP contribution in [0.2, 0.25) is 0 Å². The molecule has 2 aromatic rings. The number of nitrogens with one attached hydrogen (secondary N) is 3. The van der Waals surface area contributed by atoms with Crippen LogP contribution in [0.15, 0.2) is 29.9 Å². The highest BCUT2D eigenvalue weighted by Gasteiger charge is 2.24. The van der Waals surface area contributed by atoms with E-state index in [9.17, 15) is 13.2 Å². The third-order valence-electron chi connectivity index (χ3n) is 4.36. The monoisotopic (exact) mass is 392 g/mol. The van der Waals surface area contributed by atoms with Crippen molar-refractivity contribution in [2.24, 2.45) is 0 Å². The van der Waals surface area contributed by atoms with Crippen LogP contribution < -0.4 is 10.0 Å². The number of aromatic amines is 1. The lowest BCUT2D eigenvalue weighted by molar-refractivity contribution is -0.126. The highest BCUT2D eigenvalue weighted by atomic mass is 32.2. The molecular weight excluding hydrogens is 368 g/mol. The van der Waals surface area contributed by atoms with E-state index in [1.54, 1.807) is 24.9 Å². The maximum atomic E-state index is 12.5. The van der Waals surface area contributed by atoms with E-state index in [2.05, 4.69) is 31.6 Å². The second kappa shape index (κ2) is 7.65. The van der Waals surface area contributed by atoms with Crippen LogP contribution in [0.4, 0.5) is 5.82 Å². The second-order valence-electron chi connectivity index (χ2n) is 6.83. The first-order chi connectivity index (χ1) is 12.8. The molecule has 1 aliphatic heterocycles. The Kier molecular flexibility index (Phi) is 5.47. The number of piperidine rings is 1. The highest BCUT2D eigenvalue weighted by molar-refractivity contribution is 7.89. The summed E-state index contributed by atoms with van der Waals surface area (Å²) in [5.74, 6) is 0.450. The van der Waals surface area contributed by atoms with Crippen molar-refractivity contribution in [2.75, 3.05) is 18.4 Å². The third kappa shape index (κ3) is 4.28. The number of carbonyl (C=O) groups excluding carboxylic acids is 1. The third-order valence-corrected chi connectivity index (χ3v) is 6.03. The van der Waals surface area contributed by atoms with E-state index in [1.165, 1.54) is 12.3 Å². The van der Waals surface area contributed by atoms with Crippen LogP contribution in [0.25, 0.3) is 11.2 Å². The van der Waals surface area contributed by atoms with Crippen LogP contribution in [0, 0.1) is 0 Å². The van der Waals surface area contributed by atoms with Crippen LogP contribution in [0.5, 0.6) is 0 Å². The first kappa shape index (κ1) is 19.3. The van der Waals surface area contributed by atoms with E-state index in [4.69, 9.17) is 0 Å². The van der Waals surface area contributed by atoms with Gasteiger partial charge >= 0.3 is 0 Å². The number of carbonyl (C=O) groups is 1. The zero-order valence-corrected chi connectivity index (χ0v) is 16.2. The van der Waals surface area contributed by atoms with Gasteiger partial charge in [-0.3, -0.25) is 4.79 Å². The Labute approximate surface area is 158 Å². The van der Waals surface area contributed by atoms with E-state index in [0.29, 0.717) is 30.1 Å². The molecule has 3 rings (SSSR count). The normalized spacial score (nSPS) is 16.0. The molecule has 146 valence electrons. The van der Waals surface area contributed by atoms with Crippen LogP contribution in [0.3, 0.4) is 0 Å². The number of sulfonamides is 1. The first-order valence-corrected chi connectivity index (χ1v) is 10.3. The van der Waals surface area contributed by atoms with Gasteiger partial charge in [-0.05, 0) is 32.8 Å². The van der Waals surface area contributed by atoms with Crippen molar-refractivity contribution in [2.45, 2.75) is 43.7 Å². The molecule has 1 aliphatic rings. The van der Waals surface area contributed by atoms with Crippen molar-refractivity contribution in [3.05, 3.63) is 25.0 Å².